The Balaban J connectivity index is 2.77. The first-order valence-corrected chi connectivity index (χ1v) is 8.10. The lowest BCUT2D eigenvalue weighted by Gasteiger charge is -2.27. The van der Waals surface area contributed by atoms with Gasteiger partial charge in [0.2, 0.25) is 0 Å². The van der Waals surface area contributed by atoms with Gasteiger partial charge >= 0.3 is 6.18 Å². The van der Waals surface area contributed by atoms with Gasteiger partial charge in [0.1, 0.15) is 10.5 Å². The molecular weight excluding hydrogens is 339 g/mol. The van der Waals surface area contributed by atoms with Crippen LogP contribution in [0.3, 0.4) is 0 Å². The summed E-state index contributed by atoms with van der Waals surface area (Å²) in [7, 11) is 0. The average molecular weight is 358 g/mol. The molecule has 126 valence electrons. The van der Waals surface area contributed by atoms with Crippen LogP contribution in [0.5, 0.6) is 5.75 Å². The highest BCUT2D eigenvalue weighted by Gasteiger charge is 2.30. The van der Waals surface area contributed by atoms with E-state index in [0.29, 0.717) is 5.56 Å². The molecule has 1 aromatic rings. The second-order valence-electron chi connectivity index (χ2n) is 5.81. The summed E-state index contributed by atoms with van der Waals surface area (Å²) in [5.41, 5.74) is 0.638. The minimum absolute atomic E-state index is 0.0372. The van der Waals surface area contributed by atoms with Crippen molar-refractivity contribution in [3.05, 3.63) is 28.8 Å². The zero-order valence-corrected chi connectivity index (χ0v) is 14.3. The third-order valence-electron chi connectivity index (χ3n) is 2.68. The monoisotopic (exact) mass is 357 g/mol. The number of hydrogen-bond acceptors (Lipinski definition) is 3. The normalized spacial score (nSPS) is 15.5. The largest absolute Gasteiger partial charge is 0.598 e. The van der Waals surface area contributed by atoms with E-state index in [1.54, 1.807) is 13.0 Å². The van der Waals surface area contributed by atoms with Gasteiger partial charge in [-0.1, -0.05) is 17.7 Å². The van der Waals surface area contributed by atoms with Gasteiger partial charge in [-0.05, 0) is 45.4 Å². The molecule has 0 aliphatic heterocycles. The Morgan fingerprint density at radius 3 is 2.36 bits per heavy atom. The Bertz CT molecular complexity index is 506. The minimum atomic E-state index is -4.40. The molecule has 0 radical (unpaired) electrons. The number of ether oxygens (including phenoxy) is 1. The van der Waals surface area contributed by atoms with Crippen molar-refractivity contribution in [3.63, 3.8) is 0 Å². The van der Waals surface area contributed by atoms with Crippen molar-refractivity contribution in [1.82, 2.24) is 4.72 Å². The molecule has 0 bridgehead atoms. The van der Waals surface area contributed by atoms with E-state index in [1.807, 2.05) is 20.8 Å². The number of alkyl halides is 3. The van der Waals surface area contributed by atoms with Crippen LogP contribution >= 0.6 is 11.6 Å². The molecule has 0 aliphatic rings. The van der Waals surface area contributed by atoms with Crippen LogP contribution in [0.15, 0.2) is 18.2 Å². The predicted octanol–water partition coefficient (Wildman–Crippen LogP) is 4.39. The first kappa shape index (κ1) is 19.4. The molecule has 0 unspecified atom stereocenters. The molecule has 0 fully saturated rings. The van der Waals surface area contributed by atoms with Crippen LogP contribution in [-0.2, 0) is 11.4 Å². The molecule has 2 atom stereocenters. The smallest absolute Gasteiger partial charge is 0.422 e. The van der Waals surface area contributed by atoms with E-state index < -0.39 is 28.9 Å². The molecule has 0 aliphatic carbocycles. The van der Waals surface area contributed by atoms with Crippen molar-refractivity contribution < 1.29 is 22.5 Å². The number of rotatable bonds is 5. The van der Waals surface area contributed by atoms with E-state index in [9.17, 15) is 17.7 Å². The summed E-state index contributed by atoms with van der Waals surface area (Å²) >= 11 is 4.79. The lowest BCUT2D eigenvalue weighted by atomic mass is 10.1. The van der Waals surface area contributed by atoms with Crippen LogP contribution in [0.1, 0.15) is 39.3 Å². The molecule has 1 aromatic carbocycles. The molecule has 1 rings (SSSR count). The highest BCUT2D eigenvalue weighted by Crippen LogP contribution is 2.29. The average Bonchev–Trinajstić information content (AvgIpc) is 2.34. The lowest BCUT2D eigenvalue weighted by molar-refractivity contribution is -0.153. The molecule has 0 saturated carbocycles. The maximum absolute atomic E-state index is 12.1. The Kier molecular flexibility index (Phi) is 6.44. The van der Waals surface area contributed by atoms with Crippen molar-refractivity contribution in [2.75, 3.05) is 6.61 Å². The van der Waals surface area contributed by atoms with E-state index in [2.05, 4.69) is 9.46 Å². The van der Waals surface area contributed by atoms with Crippen LogP contribution in [0.2, 0.25) is 5.02 Å². The molecule has 0 spiro atoms. The molecular formula is C14H19ClF3NO2S. The zero-order valence-electron chi connectivity index (χ0n) is 12.8. The third kappa shape index (κ3) is 6.24. The first-order chi connectivity index (χ1) is 9.90. The number of hydrogen-bond donors (Lipinski definition) is 1. The van der Waals surface area contributed by atoms with Crippen LogP contribution in [0, 0.1) is 0 Å². The molecule has 22 heavy (non-hydrogen) atoms. The highest BCUT2D eigenvalue weighted by atomic mass is 35.5. The van der Waals surface area contributed by atoms with Crippen molar-refractivity contribution in [1.29, 1.82) is 0 Å². The Labute approximate surface area is 136 Å². The fourth-order valence-corrected chi connectivity index (χ4v) is 2.65. The maximum atomic E-state index is 12.1. The zero-order chi connectivity index (χ0) is 17.1. The standard InChI is InChI=1S/C14H19ClF3NO2S/c1-9(19-22(20)13(2,3)4)11-6-5-10(7-12(11)15)21-8-14(16,17)18/h5-7,9,19H,8H2,1-4H3/t9-,22-/m1/s1. The van der Waals surface area contributed by atoms with Gasteiger partial charge in [-0.2, -0.15) is 13.2 Å². The van der Waals surface area contributed by atoms with Gasteiger partial charge in [0, 0.05) is 16.4 Å². The van der Waals surface area contributed by atoms with E-state index >= 15 is 0 Å². The van der Waals surface area contributed by atoms with Crippen molar-refractivity contribution in [2.45, 2.75) is 44.7 Å². The van der Waals surface area contributed by atoms with Gasteiger partial charge in [-0.3, -0.25) is 0 Å². The summed E-state index contributed by atoms with van der Waals surface area (Å²) in [6, 6.07) is 3.97. The molecule has 0 heterocycles. The molecule has 8 heteroatoms. The number of nitrogens with one attached hydrogen (secondary N) is 1. The Morgan fingerprint density at radius 2 is 1.91 bits per heavy atom. The molecule has 0 aromatic heterocycles. The van der Waals surface area contributed by atoms with Crippen LogP contribution in [0.4, 0.5) is 13.2 Å². The summed E-state index contributed by atoms with van der Waals surface area (Å²) < 4.78 is 55.5. The highest BCUT2D eigenvalue weighted by molar-refractivity contribution is 7.90. The summed E-state index contributed by atoms with van der Waals surface area (Å²) in [4.78, 5) is 0. The van der Waals surface area contributed by atoms with Crippen LogP contribution in [0.25, 0.3) is 0 Å². The van der Waals surface area contributed by atoms with E-state index in [1.165, 1.54) is 12.1 Å². The molecule has 3 nitrogen and oxygen atoms in total. The van der Waals surface area contributed by atoms with Gasteiger partial charge in [0.15, 0.2) is 6.61 Å². The fraction of sp³-hybridized carbons (Fsp3) is 0.571. The van der Waals surface area contributed by atoms with Gasteiger partial charge in [-0.15, -0.1) is 4.72 Å². The van der Waals surface area contributed by atoms with Gasteiger partial charge < -0.3 is 9.29 Å². The van der Waals surface area contributed by atoms with Crippen molar-refractivity contribution in [2.24, 2.45) is 0 Å². The quantitative estimate of drug-likeness (QED) is 0.795. The van der Waals surface area contributed by atoms with E-state index in [4.69, 9.17) is 11.6 Å². The molecule has 1 N–H and O–H groups in total. The Morgan fingerprint density at radius 1 is 1.32 bits per heavy atom. The van der Waals surface area contributed by atoms with Gasteiger partial charge in [-0.25, -0.2) is 0 Å². The van der Waals surface area contributed by atoms with E-state index in [0.717, 1.165) is 0 Å². The van der Waals surface area contributed by atoms with Crippen LogP contribution in [-0.4, -0.2) is 22.1 Å². The predicted molar refractivity (Wildman–Crippen MR) is 82.4 cm³/mol. The maximum Gasteiger partial charge on any atom is 0.422 e. The second-order valence-corrected chi connectivity index (χ2v) is 8.21. The van der Waals surface area contributed by atoms with Crippen LogP contribution < -0.4 is 9.46 Å². The van der Waals surface area contributed by atoms with Gasteiger partial charge in [0.05, 0.1) is 6.04 Å². The summed E-state index contributed by atoms with van der Waals surface area (Å²) in [6.07, 6.45) is -4.40. The summed E-state index contributed by atoms with van der Waals surface area (Å²) in [5, 5.41) is 0.255. The summed E-state index contributed by atoms with van der Waals surface area (Å²) in [6.45, 7) is 5.90. The molecule has 0 amide bonds. The van der Waals surface area contributed by atoms with Crippen molar-refractivity contribution in [3.8, 4) is 5.75 Å². The summed E-state index contributed by atoms with van der Waals surface area (Å²) in [5.74, 6) is 0.0372. The van der Waals surface area contributed by atoms with Gasteiger partial charge in [0.25, 0.3) is 0 Å². The topological polar surface area (TPSA) is 44.3 Å². The minimum Gasteiger partial charge on any atom is -0.598 e. The molecule has 0 saturated heterocycles. The lowest BCUT2D eigenvalue weighted by Crippen LogP contribution is -2.40. The van der Waals surface area contributed by atoms with Crippen molar-refractivity contribution >= 4 is 23.0 Å². The first-order valence-electron chi connectivity index (χ1n) is 6.57. The SMILES string of the molecule is C[C@@H](N[S@+]([O-])C(C)(C)C)c1ccc(OCC(F)(F)F)cc1Cl. The second kappa shape index (κ2) is 7.29. The number of benzene rings is 1. The fourth-order valence-electron chi connectivity index (χ4n) is 1.51. The Hall–Kier alpha value is -0.630. The third-order valence-corrected chi connectivity index (χ3v) is 4.69. The number of halogens is 4. The van der Waals surface area contributed by atoms with E-state index in [-0.39, 0.29) is 16.8 Å².